The Morgan fingerprint density at radius 3 is 1.65 bits per heavy atom. The number of carboxylic acids is 2. The first-order valence-corrected chi connectivity index (χ1v) is 4.04. The minimum Gasteiger partial charge on any atom is -0.480 e. The molecule has 4 N–H and O–H groups in total. The molecule has 8 nitrogen and oxygen atoms in total. The molecule has 1 rings (SSSR count). The van der Waals surface area contributed by atoms with E-state index in [1.165, 1.54) is 0 Å². The van der Waals surface area contributed by atoms with E-state index in [1.807, 2.05) is 0 Å². The monoisotopic (exact) mass is 245 g/mol. The average Bonchev–Trinajstić information content (AvgIpc) is 2.64. The van der Waals surface area contributed by atoms with Crippen molar-refractivity contribution in [2.75, 3.05) is 6.54 Å². The number of cyclic esters (lactones) is 2. The van der Waals surface area contributed by atoms with Gasteiger partial charge in [0.15, 0.2) is 0 Å². The Kier molecular flexibility index (Phi) is 10.0. The third kappa shape index (κ3) is 16.2. The van der Waals surface area contributed by atoms with Crippen LogP contribution in [0.3, 0.4) is 0 Å². The number of carboxylic acid groups (broad SMARTS) is 2. The Balaban J connectivity index is 0. The zero-order valence-corrected chi connectivity index (χ0v) is 8.66. The minimum absolute atomic E-state index is 0.278. The van der Waals surface area contributed by atoms with Crippen LogP contribution in [0.15, 0.2) is 24.8 Å². The lowest BCUT2D eigenvalue weighted by Crippen LogP contribution is -2.10. The van der Waals surface area contributed by atoms with Gasteiger partial charge in [0.1, 0.15) is 0 Å². The Morgan fingerprint density at radius 1 is 1.29 bits per heavy atom. The molecule has 1 aliphatic heterocycles. The number of carbonyl (C=O) groups is 4. The van der Waals surface area contributed by atoms with Gasteiger partial charge in [-0.3, -0.25) is 4.79 Å². The van der Waals surface area contributed by atoms with Crippen LogP contribution in [0.2, 0.25) is 0 Å². The predicted molar refractivity (Wildman–Crippen MR) is 54.8 cm³/mol. The molecule has 0 radical (unpaired) electrons. The van der Waals surface area contributed by atoms with Crippen LogP contribution in [-0.2, 0) is 23.9 Å². The van der Waals surface area contributed by atoms with Crippen LogP contribution < -0.4 is 5.73 Å². The van der Waals surface area contributed by atoms with Crippen LogP contribution in [0.25, 0.3) is 0 Å². The van der Waals surface area contributed by atoms with Crippen molar-refractivity contribution in [1.82, 2.24) is 0 Å². The fraction of sp³-hybridized carbons (Fsp3) is 0.111. The quantitative estimate of drug-likeness (QED) is 0.316. The fourth-order valence-electron chi connectivity index (χ4n) is 0.303. The van der Waals surface area contributed by atoms with Gasteiger partial charge in [0.25, 0.3) is 0 Å². The van der Waals surface area contributed by atoms with Gasteiger partial charge < -0.3 is 20.7 Å². The maximum absolute atomic E-state index is 9.92. The number of carbonyl (C=O) groups excluding carboxylic acids is 2. The lowest BCUT2D eigenvalue weighted by molar-refractivity contribution is -0.150. The number of aliphatic carboxylic acids is 2. The van der Waals surface area contributed by atoms with Gasteiger partial charge in [-0.15, -0.1) is 0 Å². The maximum Gasteiger partial charge on any atom is 0.338 e. The van der Waals surface area contributed by atoms with Gasteiger partial charge >= 0.3 is 23.9 Å². The smallest absolute Gasteiger partial charge is 0.338 e. The highest BCUT2D eigenvalue weighted by molar-refractivity contribution is 6.04. The summed E-state index contributed by atoms with van der Waals surface area (Å²) in [6, 6.07) is 0. The highest BCUT2D eigenvalue weighted by Gasteiger charge is 2.10. The molecule has 0 saturated heterocycles. The summed E-state index contributed by atoms with van der Waals surface area (Å²) in [6.45, 7) is 2.68. The Hall–Kier alpha value is -2.48. The second kappa shape index (κ2) is 10.1. The number of ether oxygens (including phenoxy) is 1. The van der Waals surface area contributed by atoms with Crippen LogP contribution in [0, 0.1) is 0 Å². The van der Waals surface area contributed by atoms with Gasteiger partial charge in [0.05, 0.1) is 6.54 Å². The Morgan fingerprint density at radius 2 is 1.59 bits per heavy atom. The summed E-state index contributed by atoms with van der Waals surface area (Å²) in [4.78, 5) is 38.3. The molecule has 17 heavy (non-hydrogen) atoms. The van der Waals surface area contributed by atoms with E-state index >= 15 is 0 Å². The van der Waals surface area contributed by atoms with E-state index in [9.17, 15) is 19.2 Å². The molecule has 1 aliphatic rings. The minimum atomic E-state index is -0.981. The van der Waals surface area contributed by atoms with Crippen molar-refractivity contribution in [2.45, 2.75) is 0 Å². The molecule has 0 unspecified atom stereocenters. The molecule has 0 saturated carbocycles. The topological polar surface area (TPSA) is 144 Å². The number of esters is 2. The largest absolute Gasteiger partial charge is 0.480 e. The first-order valence-electron chi connectivity index (χ1n) is 4.04. The summed E-state index contributed by atoms with van der Waals surface area (Å²) in [5.74, 6) is -3.11. The lowest BCUT2D eigenvalue weighted by atomic mass is 10.6. The summed E-state index contributed by atoms with van der Waals surface area (Å²) in [7, 11) is 0. The molecule has 0 bridgehead atoms. The van der Waals surface area contributed by atoms with Gasteiger partial charge in [-0.25, -0.2) is 14.4 Å². The average molecular weight is 245 g/mol. The standard InChI is InChI=1S/C4H2O3.C3H4O2.C2H5NO2/c5-3-1-2-4(6)7-3;1-2-3(4)5;3-1-2(4)5/h1-2H;2H,1H2,(H,4,5);1,3H2,(H,4,5). The van der Waals surface area contributed by atoms with Gasteiger partial charge in [-0.1, -0.05) is 6.58 Å². The summed E-state index contributed by atoms with van der Waals surface area (Å²) < 4.78 is 3.97. The SMILES string of the molecule is C=CC(=O)O.NCC(=O)O.O=C1C=CC(=O)O1. The van der Waals surface area contributed by atoms with E-state index in [2.05, 4.69) is 17.0 Å². The highest BCUT2D eigenvalue weighted by Crippen LogP contribution is 1.92. The molecular weight excluding hydrogens is 234 g/mol. The number of rotatable bonds is 2. The van der Waals surface area contributed by atoms with Gasteiger partial charge in [-0.2, -0.15) is 0 Å². The molecule has 0 aromatic rings. The van der Waals surface area contributed by atoms with Crippen molar-refractivity contribution in [3.05, 3.63) is 24.8 Å². The molecule has 0 aromatic heterocycles. The van der Waals surface area contributed by atoms with Gasteiger partial charge in [0.2, 0.25) is 0 Å². The van der Waals surface area contributed by atoms with E-state index in [-0.39, 0.29) is 6.54 Å². The van der Waals surface area contributed by atoms with Crippen molar-refractivity contribution in [1.29, 1.82) is 0 Å². The molecule has 0 amide bonds. The summed E-state index contributed by atoms with van der Waals surface area (Å²) >= 11 is 0. The van der Waals surface area contributed by atoms with Crippen molar-refractivity contribution in [3.63, 3.8) is 0 Å². The molecule has 0 spiro atoms. The molecule has 0 fully saturated rings. The number of hydrogen-bond acceptors (Lipinski definition) is 6. The van der Waals surface area contributed by atoms with Crippen LogP contribution in [0.4, 0.5) is 0 Å². The zero-order valence-electron chi connectivity index (χ0n) is 8.66. The third-order valence-corrected chi connectivity index (χ3v) is 0.906. The molecular formula is C9H11NO7. The predicted octanol–water partition coefficient (Wildman–Crippen LogP) is -1.09. The summed E-state index contributed by atoms with van der Waals surface area (Å²) in [5, 5.41) is 15.2. The number of nitrogens with two attached hydrogens (primary N) is 1. The molecule has 8 heteroatoms. The molecule has 94 valence electrons. The van der Waals surface area contributed by atoms with Crippen molar-refractivity contribution in [2.24, 2.45) is 5.73 Å². The summed E-state index contributed by atoms with van der Waals surface area (Å²) in [6.07, 6.45) is 3.00. The first kappa shape index (κ1) is 16.9. The number of hydrogen-bond donors (Lipinski definition) is 3. The summed E-state index contributed by atoms with van der Waals surface area (Å²) in [5.41, 5.74) is 4.57. The highest BCUT2D eigenvalue weighted by atomic mass is 16.6. The maximum atomic E-state index is 9.92. The third-order valence-electron chi connectivity index (χ3n) is 0.906. The van der Waals surface area contributed by atoms with Crippen molar-refractivity contribution >= 4 is 23.9 Å². The van der Waals surface area contributed by atoms with E-state index in [0.29, 0.717) is 0 Å². The lowest BCUT2D eigenvalue weighted by Gasteiger charge is -1.80. The Bertz CT molecular complexity index is 329. The first-order chi connectivity index (χ1) is 7.83. The molecule has 0 atom stereocenters. The second-order valence-electron chi connectivity index (χ2n) is 2.21. The van der Waals surface area contributed by atoms with Crippen LogP contribution in [0.5, 0.6) is 0 Å². The Labute approximate surface area is 96.0 Å². The van der Waals surface area contributed by atoms with E-state index < -0.39 is 23.9 Å². The van der Waals surface area contributed by atoms with Crippen molar-refractivity contribution < 1.29 is 34.1 Å². The van der Waals surface area contributed by atoms with Crippen molar-refractivity contribution in [3.8, 4) is 0 Å². The van der Waals surface area contributed by atoms with E-state index in [0.717, 1.165) is 18.2 Å². The zero-order chi connectivity index (χ0) is 13.8. The second-order valence-corrected chi connectivity index (χ2v) is 2.21. The normalized spacial score (nSPS) is 11.4. The van der Waals surface area contributed by atoms with Crippen LogP contribution in [0.1, 0.15) is 0 Å². The fourth-order valence-corrected chi connectivity index (χ4v) is 0.303. The van der Waals surface area contributed by atoms with Crippen LogP contribution >= 0.6 is 0 Å². The van der Waals surface area contributed by atoms with E-state index in [1.54, 1.807) is 0 Å². The van der Waals surface area contributed by atoms with E-state index in [4.69, 9.17) is 10.2 Å². The van der Waals surface area contributed by atoms with Gasteiger partial charge in [0, 0.05) is 18.2 Å². The molecule has 0 aliphatic carbocycles. The van der Waals surface area contributed by atoms with Gasteiger partial charge in [-0.05, 0) is 0 Å². The molecule has 0 aromatic carbocycles. The molecule has 1 heterocycles. The van der Waals surface area contributed by atoms with Crippen LogP contribution in [-0.4, -0.2) is 40.6 Å².